The van der Waals surface area contributed by atoms with E-state index in [4.69, 9.17) is 0 Å². The molecule has 0 N–H and O–H groups in total. The van der Waals surface area contributed by atoms with Crippen LogP contribution in [0, 0.1) is 6.92 Å². The Morgan fingerprint density at radius 3 is 2.36 bits per heavy atom. The summed E-state index contributed by atoms with van der Waals surface area (Å²) in [5.74, 6) is 0.497. The third-order valence-corrected chi connectivity index (χ3v) is 6.33. The molecule has 1 saturated carbocycles. The average Bonchev–Trinajstić information content (AvgIpc) is 3.23. The summed E-state index contributed by atoms with van der Waals surface area (Å²) in [5, 5.41) is 0. The average molecular weight is 321 g/mol. The minimum atomic E-state index is -2.95. The van der Waals surface area contributed by atoms with Gasteiger partial charge in [-0.3, -0.25) is 4.79 Å². The summed E-state index contributed by atoms with van der Waals surface area (Å²) in [5.41, 5.74) is 2.37. The van der Waals surface area contributed by atoms with Gasteiger partial charge in [-0.05, 0) is 38.2 Å². The maximum atomic E-state index is 12.6. The first-order chi connectivity index (χ1) is 10.4. The van der Waals surface area contributed by atoms with Crippen molar-refractivity contribution in [3.63, 3.8) is 0 Å². The lowest BCUT2D eigenvalue weighted by Crippen LogP contribution is -2.42. The van der Waals surface area contributed by atoms with Crippen molar-refractivity contribution in [1.82, 2.24) is 4.90 Å². The van der Waals surface area contributed by atoms with Crippen LogP contribution in [-0.4, -0.2) is 42.8 Å². The van der Waals surface area contributed by atoms with Crippen LogP contribution in [0.25, 0.3) is 0 Å². The number of benzene rings is 1. The Balaban J connectivity index is 1.62. The zero-order valence-corrected chi connectivity index (χ0v) is 13.8. The van der Waals surface area contributed by atoms with Gasteiger partial charge in [0, 0.05) is 18.5 Å². The van der Waals surface area contributed by atoms with Gasteiger partial charge in [0.25, 0.3) is 0 Å². The number of rotatable bonds is 5. The Morgan fingerprint density at radius 2 is 1.82 bits per heavy atom. The molecule has 5 heteroatoms. The van der Waals surface area contributed by atoms with Gasteiger partial charge in [0.05, 0.1) is 11.5 Å². The van der Waals surface area contributed by atoms with Crippen LogP contribution < -0.4 is 0 Å². The van der Waals surface area contributed by atoms with Crippen LogP contribution >= 0.6 is 0 Å². The molecule has 1 amide bonds. The van der Waals surface area contributed by atoms with Gasteiger partial charge < -0.3 is 4.90 Å². The molecule has 2 fully saturated rings. The molecule has 1 heterocycles. The Hall–Kier alpha value is -1.36. The number of hydrogen-bond donors (Lipinski definition) is 0. The van der Waals surface area contributed by atoms with Gasteiger partial charge in [-0.2, -0.15) is 0 Å². The minimum Gasteiger partial charge on any atom is -0.336 e. The summed E-state index contributed by atoms with van der Waals surface area (Å²) in [6, 6.07) is 8.42. The molecular weight excluding hydrogens is 298 g/mol. The lowest BCUT2D eigenvalue weighted by molar-refractivity contribution is -0.133. The molecule has 0 bridgehead atoms. The van der Waals surface area contributed by atoms with Crippen molar-refractivity contribution in [2.45, 2.75) is 51.1 Å². The molecule has 2 aliphatic rings. The van der Waals surface area contributed by atoms with Crippen LogP contribution in [0.3, 0.4) is 0 Å². The third-order valence-electron chi connectivity index (χ3n) is 4.58. The fraction of sp³-hybridized carbons (Fsp3) is 0.588. The molecule has 1 atom stereocenters. The lowest BCUT2D eigenvalue weighted by atomic mass is 10.1. The molecule has 1 unspecified atom stereocenters. The van der Waals surface area contributed by atoms with Gasteiger partial charge in [0.1, 0.15) is 0 Å². The van der Waals surface area contributed by atoms with E-state index < -0.39 is 9.84 Å². The molecule has 0 aromatic heterocycles. The standard InChI is InChI=1S/C17H23NO3S/c1-13-2-4-14(5-3-13)6-9-17(19)18(15-7-8-15)16-10-11-22(20,21)12-16/h2-5,15-16H,6-12H2,1H3. The van der Waals surface area contributed by atoms with E-state index in [-0.39, 0.29) is 29.5 Å². The number of carbonyl (C=O) groups is 1. The van der Waals surface area contributed by atoms with Crippen molar-refractivity contribution in [2.24, 2.45) is 0 Å². The Morgan fingerprint density at radius 1 is 1.14 bits per heavy atom. The van der Waals surface area contributed by atoms with Crippen molar-refractivity contribution >= 4 is 15.7 Å². The summed E-state index contributed by atoms with van der Waals surface area (Å²) in [6.07, 6.45) is 3.84. The topological polar surface area (TPSA) is 54.5 Å². The monoisotopic (exact) mass is 321 g/mol. The SMILES string of the molecule is Cc1ccc(CCC(=O)N(C2CC2)C2CCS(=O)(=O)C2)cc1. The van der Waals surface area contributed by atoms with Gasteiger partial charge in [-0.15, -0.1) is 0 Å². The molecule has 0 radical (unpaired) electrons. The highest BCUT2D eigenvalue weighted by molar-refractivity contribution is 7.91. The smallest absolute Gasteiger partial charge is 0.223 e. The quantitative estimate of drug-likeness (QED) is 0.834. The summed E-state index contributed by atoms with van der Waals surface area (Å²) in [4.78, 5) is 14.5. The summed E-state index contributed by atoms with van der Waals surface area (Å²) in [6.45, 7) is 2.05. The predicted octanol–water partition coefficient (Wildman–Crippen LogP) is 2.11. The van der Waals surface area contributed by atoms with Crippen LogP contribution in [0.15, 0.2) is 24.3 Å². The van der Waals surface area contributed by atoms with Crippen molar-refractivity contribution in [3.05, 3.63) is 35.4 Å². The highest BCUT2D eigenvalue weighted by atomic mass is 32.2. The summed E-state index contributed by atoms with van der Waals surface area (Å²) in [7, 11) is -2.95. The maximum absolute atomic E-state index is 12.6. The van der Waals surface area contributed by atoms with E-state index in [2.05, 4.69) is 24.3 Å². The Bertz CT molecular complexity index is 647. The number of hydrogen-bond acceptors (Lipinski definition) is 3. The van der Waals surface area contributed by atoms with E-state index in [0.717, 1.165) is 24.8 Å². The molecule has 4 nitrogen and oxygen atoms in total. The van der Waals surface area contributed by atoms with Crippen LogP contribution in [0.4, 0.5) is 0 Å². The number of carbonyl (C=O) groups excluding carboxylic acids is 1. The number of sulfone groups is 1. The number of amides is 1. The molecule has 0 spiro atoms. The van der Waals surface area contributed by atoms with Crippen molar-refractivity contribution in [1.29, 1.82) is 0 Å². The minimum absolute atomic E-state index is 0.0944. The van der Waals surface area contributed by atoms with E-state index in [1.165, 1.54) is 5.56 Å². The normalized spacial score (nSPS) is 23.4. The largest absolute Gasteiger partial charge is 0.336 e. The highest BCUT2D eigenvalue weighted by Crippen LogP contribution is 2.32. The lowest BCUT2D eigenvalue weighted by Gasteiger charge is -2.28. The Kier molecular flexibility index (Phi) is 4.26. The van der Waals surface area contributed by atoms with E-state index in [1.54, 1.807) is 0 Å². The van der Waals surface area contributed by atoms with Crippen LogP contribution in [0.1, 0.15) is 36.8 Å². The number of nitrogens with zero attached hydrogens (tertiary/aromatic N) is 1. The zero-order chi connectivity index (χ0) is 15.7. The first-order valence-electron chi connectivity index (χ1n) is 8.02. The van der Waals surface area contributed by atoms with Crippen molar-refractivity contribution < 1.29 is 13.2 Å². The van der Waals surface area contributed by atoms with E-state index in [1.807, 2.05) is 11.8 Å². The first-order valence-corrected chi connectivity index (χ1v) is 9.84. The molecule has 1 aromatic carbocycles. The zero-order valence-electron chi connectivity index (χ0n) is 13.0. The molecule has 3 rings (SSSR count). The molecule has 1 saturated heterocycles. The predicted molar refractivity (Wildman–Crippen MR) is 86.4 cm³/mol. The van der Waals surface area contributed by atoms with E-state index >= 15 is 0 Å². The van der Waals surface area contributed by atoms with E-state index in [9.17, 15) is 13.2 Å². The second-order valence-electron chi connectivity index (χ2n) is 6.57. The second-order valence-corrected chi connectivity index (χ2v) is 8.80. The fourth-order valence-corrected chi connectivity index (χ4v) is 4.90. The van der Waals surface area contributed by atoms with Gasteiger partial charge in [-0.25, -0.2) is 8.42 Å². The number of aryl methyl sites for hydroxylation is 2. The molecule has 1 aliphatic carbocycles. The van der Waals surface area contributed by atoms with Gasteiger partial charge >= 0.3 is 0 Å². The highest BCUT2D eigenvalue weighted by Gasteiger charge is 2.41. The van der Waals surface area contributed by atoms with Crippen molar-refractivity contribution in [2.75, 3.05) is 11.5 Å². The van der Waals surface area contributed by atoms with Crippen LogP contribution in [0.2, 0.25) is 0 Å². The third kappa shape index (κ3) is 3.69. The van der Waals surface area contributed by atoms with Gasteiger partial charge in [-0.1, -0.05) is 29.8 Å². The van der Waals surface area contributed by atoms with Crippen LogP contribution in [0.5, 0.6) is 0 Å². The molecule has 120 valence electrons. The van der Waals surface area contributed by atoms with Crippen molar-refractivity contribution in [3.8, 4) is 0 Å². The molecule has 22 heavy (non-hydrogen) atoms. The maximum Gasteiger partial charge on any atom is 0.223 e. The first kappa shape index (κ1) is 15.5. The molecule has 1 aliphatic heterocycles. The molecular formula is C17H23NO3S. The Labute approximate surface area is 132 Å². The molecule has 1 aromatic rings. The summed E-state index contributed by atoms with van der Waals surface area (Å²) >= 11 is 0. The summed E-state index contributed by atoms with van der Waals surface area (Å²) < 4.78 is 23.4. The van der Waals surface area contributed by atoms with Gasteiger partial charge in [0.2, 0.25) is 5.91 Å². The fourth-order valence-electron chi connectivity index (χ4n) is 3.19. The second kappa shape index (κ2) is 6.03. The van der Waals surface area contributed by atoms with E-state index in [0.29, 0.717) is 12.8 Å². The van der Waals surface area contributed by atoms with Crippen LogP contribution in [-0.2, 0) is 21.1 Å². The van der Waals surface area contributed by atoms with Gasteiger partial charge in [0.15, 0.2) is 9.84 Å².